The second-order valence-corrected chi connectivity index (χ2v) is 6.56. The molecule has 0 bridgehead atoms. The number of carbonyl (C=O) groups is 1. The smallest absolute Gasteiger partial charge is 0.255 e. The van der Waals surface area contributed by atoms with Crippen LogP contribution in [-0.2, 0) is 6.42 Å². The molecule has 3 rings (SSSR count). The Labute approximate surface area is 149 Å². The molecule has 0 aromatic heterocycles. The summed E-state index contributed by atoms with van der Waals surface area (Å²) < 4.78 is 0. The lowest BCUT2D eigenvalue weighted by molar-refractivity contribution is 0.102. The quantitative estimate of drug-likeness (QED) is 0.813. The van der Waals surface area contributed by atoms with Gasteiger partial charge < -0.3 is 10.6 Å². The Morgan fingerprint density at radius 2 is 1.88 bits per heavy atom. The van der Waals surface area contributed by atoms with Crippen molar-refractivity contribution in [1.29, 1.82) is 0 Å². The zero-order chi connectivity index (χ0) is 17.5. The van der Waals surface area contributed by atoms with Crippen molar-refractivity contribution in [2.24, 2.45) is 0 Å². The van der Waals surface area contributed by atoms with Gasteiger partial charge >= 0.3 is 0 Å². The van der Waals surface area contributed by atoms with Crippen LogP contribution in [0.5, 0.6) is 0 Å². The molecular formula is C22H24N2O. The van der Waals surface area contributed by atoms with Crippen LogP contribution in [-0.4, -0.2) is 18.5 Å². The van der Waals surface area contributed by atoms with Gasteiger partial charge in [-0.05, 0) is 74.2 Å². The zero-order valence-electron chi connectivity index (χ0n) is 14.4. The van der Waals surface area contributed by atoms with Crippen molar-refractivity contribution in [2.75, 3.05) is 11.9 Å². The summed E-state index contributed by atoms with van der Waals surface area (Å²) in [5, 5.41) is 6.51. The van der Waals surface area contributed by atoms with Crippen LogP contribution in [0.25, 0.3) is 0 Å². The van der Waals surface area contributed by atoms with Gasteiger partial charge in [-0.1, -0.05) is 24.5 Å². The Hall–Kier alpha value is -2.57. The zero-order valence-corrected chi connectivity index (χ0v) is 14.4. The molecule has 2 aromatic rings. The maximum Gasteiger partial charge on any atom is 0.255 e. The molecule has 1 fully saturated rings. The number of hydrogen-bond donors (Lipinski definition) is 2. The van der Waals surface area contributed by atoms with Gasteiger partial charge in [0.15, 0.2) is 0 Å². The van der Waals surface area contributed by atoms with Crippen molar-refractivity contribution in [3.8, 4) is 12.3 Å². The van der Waals surface area contributed by atoms with E-state index in [1.165, 1.54) is 31.2 Å². The van der Waals surface area contributed by atoms with Crippen LogP contribution in [0.2, 0.25) is 0 Å². The van der Waals surface area contributed by atoms with Crippen molar-refractivity contribution < 1.29 is 4.79 Å². The molecule has 25 heavy (non-hydrogen) atoms. The topological polar surface area (TPSA) is 41.1 Å². The molecule has 1 amide bonds. The van der Waals surface area contributed by atoms with Gasteiger partial charge in [0.05, 0.1) is 0 Å². The molecule has 2 N–H and O–H groups in total. The molecule has 1 atom stereocenters. The number of hydrogen-bond acceptors (Lipinski definition) is 2. The third-order valence-electron chi connectivity index (χ3n) is 4.72. The van der Waals surface area contributed by atoms with E-state index in [4.69, 9.17) is 6.42 Å². The molecule has 0 spiro atoms. The summed E-state index contributed by atoms with van der Waals surface area (Å²) in [6.45, 7) is 1.15. The number of piperidine rings is 1. The number of nitrogens with one attached hydrogen (secondary N) is 2. The molecule has 0 aliphatic carbocycles. The van der Waals surface area contributed by atoms with Gasteiger partial charge in [-0.2, -0.15) is 0 Å². The molecule has 1 heterocycles. The summed E-state index contributed by atoms with van der Waals surface area (Å²) in [4.78, 5) is 12.3. The third-order valence-corrected chi connectivity index (χ3v) is 4.72. The summed E-state index contributed by atoms with van der Waals surface area (Å²) in [7, 11) is 0. The van der Waals surface area contributed by atoms with E-state index in [1.807, 2.05) is 12.1 Å². The Morgan fingerprint density at radius 1 is 1.12 bits per heavy atom. The first-order chi connectivity index (χ1) is 12.2. The van der Waals surface area contributed by atoms with Crippen molar-refractivity contribution >= 4 is 11.6 Å². The largest absolute Gasteiger partial charge is 0.322 e. The van der Waals surface area contributed by atoms with E-state index in [0.29, 0.717) is 11.6 Å². The van der Waals surface area contributed by atoms with Crippen LogP contribution in [0.1, 0.15) is 47.2 Å². The lowest BCUT2D eigenvalue weighted by Crippen LogP contribution is -2.34. The van der Waals surface area contributed by atoms with Crippen molar-refractivity contribution in [2.45, 2.75) is 38.1 Å². The minimum Gasteiger partial charge on any atom is -0.322 e. The fraction of sp³-hybridized carbons (Fsp3) is 0.318. The van der Waals surface area contributed by atoms with Gasteiger partial charge in [-0.25, -0.2) is 0 Å². The average Bonchev–Trinajstić information content (AvgIpc) is 2.68. The minimum absolute atomic E-state index is 0.122. The number of rotatable bonds is 5. The summed E-state index contributed by atoms with van der Waals surface area (Å²) >= 11 is 0. The average molecular weight is 332 g/mol. The van der Waals surface area contributed by atoms with Crippen molar-refractivity contribution in [3.05, 3.63) is 65.2 Å². The molecule has 2 aromatic carbocycles. The number of carbonyl (C=O) groups excluding carboxylic acids is 1. The molecule has 3 heteroatoms. The fourth-order valence-corrected chi connectivity index (χ4v) is 3.19. The number of amides is 1. The second-order valence-electron chi connectivity index (χ2n) is 6.56. The number of terminal acetylenes is 1. The highest BCUT2D eigenvalue weighted by Gasteiger charge is 2.12. The van der Waals surface area contributed by atoms with E-state index in [-0.39, 0.29) is 5.91 Å². The lowest BCUT2D eigenvalue weighted by Gasteiger charge is -2.23. The first-order valence-electron chi connectivity index (χ1n) is 8.95. The van der Waals surface area contributed by atoms with E-state index in [1.54, 1.807) is 24.3 Å². The van der Waals surface area contributed by atoms with Gasteiger partial charge in [0, 0.05) is 22.9 Å². The van der Waals surface area contributed by atoms with Crippen LogP contribution < -0.4 is 10.6 Å². The molecular weight excluding hydrogens is 308 g/mol. The first-order valence-corrected chi connectivity index (χ1v) is 8.95. The van der Waals surface area contributed by atoms with Crippen LogP contribution in [0.3, 0.4) is 0 Å². The molecule has 1 saturated heterocycles. The molecule has 1 aliphatic rings. The minimum atomic E-state index is -0.122. The Balaban J connectivity index is 1.52. The third kappa shape index (κ3) is 4.95. The fourth-order valence-electron chi connectivity index (χ4n) is 3.19. The Morgan fingerprint density at radius 3 is 2.52 bits per heavy atom. The summed E-state index contributed by atoms with van der Waals surface area (Å²) in [6.07, 6.45) is 11.5. The second kappa shape index (κ2) is 8.50. The molecule has 0 radical (unpaired) electrons. The Bertz CT molecular complexity index is 735. The van der Waals surface area contributed by atoms with Gasteiger partial charge in [0.1, 0.15) is 0 Å². The molecule has 128 valence electrons. The monoisotopic (exact) mass is 332 g/mol. The van der Waals surface area contributed by atoms with Crippen molar-refractivity contribution in [3.63, 3.8) is 0 Å². The van der Waals surface area contributed by atoms with E-state index in [2.05, 4.69) is 28.7 Å². The Kier molecular flexibility index (Phi) is 5.87. The van der Waals surface area contributed by atoms with Crippen LogP contribution in [0.15, 0.2) is 48.5 Å². The first kappa shape index (κ1) is 17.3. The highest BCUT2D eigenvalue weighted by Crippen LogP contribution is 2.16. The number of benzene rings is 2. The number of aryl methyl sites for hydroxylation is 1. The molecule has 3 nitrogen and oxygen atoms in total. The standard InChI is InChI=1S/C22H24N2O/c1-2-17-6-11-19(12-7-17)22(25)24-21-14-9-18(10-15-21)8-13-20-5-3-4-16-23-20/h1,6-7,9-12,14-15,20,23H,3-5,8,13,16H2,(H,24,25)/t20-/m1/s1. The van der Waals surface area contributed by atoms with Crippen LogP contribution in [0.4, 0.5) is 5.69 Å². The predicted molar refractivity (Wildman–Crippen MR) is 103 cm³/mol. The van der Waals surface area contributed by atoms with Crippen LogP contribution >= 0.6 is 0 Å². The van der Waals surface area contributed by atoms with Gasteiger partial charge in [0.2, 0.25) is 0 Å². The molecule has 0 saturated carbocycles. The lowest BCUT2D eigenvalue weighted by atomic mass is 9.98. The van der Waals surface area contributed by atoms with Gasteiger partial charge in [-0.3, -0.25) is 4.79 Å². The van der Waals surface area contributed by atoms with Gasteiger partial charge in [0.25, 0.3) is 5.91 Å². The van der Waals surface area contributed by atoms with E-state index in [9.17, 15) is 4.79 Å². The van der Waals surface area contributed by atoms with E-state index in [0.717, 1.165) is 24.2 Å². The van der Waals surface area contributed by atoms with Crippen molar-refractivity contribution in [1.82, 2.24) is 5.32 Å². The summed E-state index contributed by atoms with van der Waals surface area (Å²) in [5.41, 5.74) is 3.49. The predicted octanol–water partition coefficient (Wildman–Crippen LogP) is 3.99. The highest BCUT2D eigenvalue weighted by molar-refractivity contribution is 6.04. The summed E-state index contributed by atoms with van der Waals surface area (Å²) in [6, 6.07) is 15.8. The van der Waals surface area contributed by atoms with Gasteiger partial charge in [-0.15, -0.1) is 6.42 Å². The van der Waals surface area contributed by atoms with E-state index >= 15 is 0 Å². The maximum absolute atomic E-state index is 12.3. The highest BCUT2D eigenvalue weighted by atomic mass is 16.1. The normalized spacial score (nSPS) is 16.8. The summed E-state index contributed by atoms with van der Waals surface area (Å²) in [5.74, 6) is 2.43. The van der Waals surface area contributed by atoms with Crippen LogP contribution in [0, 0.1) is 12.3 Å². The molecule has 1 aliphatic heterocycles. The molecule has 0 unspecified atom stereocenters. The SMILES string of the molecule is C#Cc1ccc(C(=O)Nc2ccc(CC[C@H]3CCCCN3)cc2)cc1. The van der Waals surface area contributed by atoms with E-state index < -0.39 is 0 Å². The number of anilines is 1. The maximum atomic E-state index is 12.3.